The van der Waals surface area contributed by atoms with Crippen molar-refractivity contribution in [1.29, 1.82) is 0 Å². The monoisotopic (exact) mass is 366 g/mol. The average molecular weight is 366 g/mol. The number of sulfonamides is 1. The van der Waals surface area contributed by atoms with E-state index in [1.54, 1.807) is 4.90 Å². The number of amides is 1. The minimum absolute atomic E-state index is 0.127. The third-order valence-electron chi connectivity index (χ3n) is 5.00. The molecule has 0 N–H and O–H groups in total. The van der Waals surface area contributed by atoms with Gasteiger partial charge in [0.05, 0.1) is 11.4 Å². The van der Waals surface area contributed by atoms with Crippen LogP contribution in [0.2, 0.25) is 0 Å². The molecule has 1 spiro atoms. The first-order chi connectivity index (χ1) is 11.8. The third-order valence-corrected chi connectivity index (χ3v) is 6.83. The maximum atomic E-state index is 13.0. The molecule has 1 aliphatic carbocycles. The lowest BCUT2D eigenvalue weighted by atomic mass is 9.92. The molecule has 2 aliphatic rings. The topological polar surface area (TPSA) is 84.0 Å². The fraction of sp³-hybridized carbons (Fsp3) is 0.529. The number of hydrogen-bond acceptors (Lipinski definition) is 5. The van der Waals surface area contributed by atoms with Gasteiger partial charge in [0.15, 0.2) is 0 Å². The number of morpholine rings is 1. The van der Waals surface area contributed by atoms with Crippen molar-refractivity contribution in [2.24, 2.45) is 0 Å². The normalized spacial score (nSPS) is 20.1. The zero-order valence-electron chi connectivity index (χ0n) is 14.4. The van der Waals surface area contributed by atoms with Gasteiger partial charge in [0.1, 0.15) is 12.1 Å². The summed E-state index contributed by atoms with van der Waals surface area (Å²) in [7, 11) is -0.629. The van der Waals surface area contributed by atoms with Crippen molar-refractivity contribution in [2.75, 3.05) is 27.2 Å². The summed E-state index contributed by atoms with van der Waals surface area (Å²) < 4.78 is 30.6. The maximum Gasteiger partial charge on any atom is 0.332 e. The highest BCUT2D eigenvalue weighted by molar-refractivity contribution is 7.89. The molecule has 0 atom stereocenters. The molecule has 136 valence electrons. The minimum atomic E-state index is -3.54. The number of cyclic esters (lactones) is 1. The van der Waals surface area contributed by atoms with Crippen molar-refractivity contribution in [3.8, 4) is 0 Å². The van der Waals surface area contributed by atoms with Crippen LogP contribution in [0.25, 0.3) is 0 Å². The van der Waals surface area contributed by atoms with Crippen molar-refractivity contribution in [3.63, 3.8) is 0 Å². The summed E-state index contributed by atoms with van der Waals surface area (Å²) >= 11 is 0. The molecular weight excluding hydrogens is 344 g/mol. The van der Waals surface area contributed by atoms with Crippen molar-refractivity contribution < 1.29 is 22.7 Å². The Morgan fingerprint density at radius 3 is 2.32 bits per heavy atom. The van der Waals surface area contributed by atoms with Crippen molar-refractivity contribution in [3.05, 3.63) is 29.8 Å². The van der Waals surface area contributed by atoms with E-state index < -0.39 is 15.6 Å². The molecule has 0 radical (unpaired) electrons. The van der Waals surface area contributed by atoms with E-state index >= 15 is 0 Å². The molecule has 1 amide bonds. The molecule has 0 bridgehead atoms. The zero-order chi connectivity index (χ0) is 18.2. The predicted octanol–water partition coefficient (Wildman–Crippen LogP) is 1.25. The molecule has 1 saturated carbocycles. The first-order valence-electron chi connectivity index (χ1n) is 8.31. The van der Waals surface area contributed by atoms with Crippen LogP contribution >= 0.6 is 0 Å². The lowest BCUT2D eigenvalue weighted by molar-refractivity contribution is -0.164. The highest BCUT2D eigenvalue weighted by Crippen LogP contribution is 2.39. The molecule has 0 aromatic heterocycles. The Kier molecular flexibility index (Phi) is 4.59. The van der Waals surface area contributed by atoms with Crippen molar-refractivity contribution in [1.82, 2.24) is 9.21 Å². The van der Waals surface area contributed by atoms with Crippen LogP contribution in [0.15, 0.2) is 29.2 Å². The summed E-state index contributed by atoms with van der Waals surface area (Å²) in [6.45, 7) is 0.557. The van der Waals surface area contributed by atoms with Crippen LogP contribution in [0, 0.1) is 0 Å². The number of nitrogens with zero attached hydrogens (tertiary/aromatic N) is 2. The number of carbonyl (C=O) groups is 2. The van der Waals surface area contributed by atoms with Crippen molar-refractivity contribution >= 4 is 21.9 Å². The Hall–Kier alpha value is -1.93. The molecule has 1 aliphatic heterocycles. The Bertz CT molecular complexity index is 780. The second-order valence-electron chi connectivity index (χ2n) is 6.64. The number of esters is 1. The van der Waals surface area contributed by atoms with Gasteiger partial charge in [-0.1, -0.05) is 12.8 Å². The van der Waals surface area contributed by atoms with E-state index in [4.69, 9.17) is 4.74 Å². The highest BCUT2D eigenvalue weighted by atomic mass is 32.2. The standard InChI is InChI=1S/C17H22N2O5S/c1-18(2)25(22,23)14-7-5-13(6-8-14)15(20)19-11-12-24-16(21)17(19)9-3-4-10-17/h5-8H,3-4,9-12H2,1-2H3. The summed E-state index contributed by atoms with van der Waals surface area (Å²) in [5, 5.41) is 0. The van der Waals surface area contributed by atoms with Crippen LogP contribution in [0.4, 0.5) is 0 Å². The van der Waals surface area contributed by atoms with Gasteiger partial charge in [-0.05, 0) is 37.1 Å². The zero-order valence-corrected chi connectivity index (χ0v) is 15.2. The van der Waals surface area contributed by atoms with E-state index in [2.05, 4.69) is 0 Å². The van der Waals surface area contributed by atoms with Gasteiger partial charge in [0.2, 0.25) is 10.0 Å². The predicted molar refractivity (Wildman–Crippen MR) is 90.5 cm³/mol. The smallest absolute Gasteiger partial charge is 0.332 e. The van der Waals surface area contributed by atoms with Crippen molar-refractivity contribution in [2.45, 2.75) is 36.1 Å². The molecule has 25 heavy (non-hydrogen) atoms. The van der Waals surface area contributed by atoms with Gasteiger partial charge in [0, 0.05) is 19.7 Å². The minimum Gasteiger partial charge on any atom is -0.462 e. The molecule has 8 heteroatoms. The lowest BCUT2D eigenvalue weighted by Crippen LogP contribution is -2.60. The average Bonchev–Trinajstić information content (AvgIpc) is 3.07. The van der Waals surface area contributed by atoms with Crippen LogP contribution in [0.5, 0.6) is 0 Å². The van der Waals surface area contributed by atoms with E-state index in [1.807, 2.05) is 0 Å². The molecule has 0 unspecified atom stereocenters. The number of ether oxygens (including phenoxy) is 1. The number of benzene rings is 1. The Morgan fingerprint density at radius 1 is 1.16 bits per heavy atom. The number of carbonyl (C=O) groups excluding carboxylic acids is 2. The van der Waals surface area contributed by atoms with E-state index in [9.17, 15) is 18.0 Å². The molecule has 1 aromatic carbocycles. The molecule has 3 rings (SSSR count). The summed E-state index contributed by atoms with van der Waals surface area (Å²) in [4.78, 5) is 27.0. The van der Waals surface area contributed by atoms with E-state index in [-0.39, 0.29) is 23.4 Å². The highest BCUT2D eigenvalue weighted by Gasteiger charge is 2.51. The molecular formula is C17H22N2O5S. The fourth-order valence-electron chi connectivity index (χ4n) is 3.55. The van der Waals surface area contributed by atoms with Gasteiger partial charge in [-0.15, -0.1) is 0 Å². The summed E-state index contributed by atoms with van der Waals surface area (Å²) in [6.07, 6.45) is 3.01. The summed E-state index contributed by atoms with van der Waals surface area (Å²) in [6, 6.07) is 5.85. The first-order valence-corrected chi connectivity index (χ1v) is 9.75. The van der Waals surface area contributed by atoms with E-state index in [0.717, 1.165) is 17.1 Å². The summed E-state index contributed by atoms with van der Waals surface area (Å²) in [5.41, 5.74) is -0.484. The van der Waals surface area contributed by atoms with Crippen LogP contribution in [-0.2, 0) is 19.6 Å². The van der Waals surface area contributed by atoms with Gasteiger partial charge >= 0.3 is 5.97 Å². The van der Waals surface area contributed by atoms with E-state index in [1.165, 1.54) is 38.4 Å². The largest absolute Gasteiger partial charge is 0.462 e. The Morgan fingerprint density at radius 2 is 1.76 bits per heavy atom. The lowest BCUT2D eigenvalue weighted by Gasteiger charge is -2.42. The first kappa shape index (κ1) is 17.9. The number of rotatable bonds is 3. The van der Waals surface area contributed by atoms with Gasteiger partial charge in [-0.25, -0.2) is 17.5 Å². The van der Waals surface area contributed by atoms with Gasteiger partial charge in [-0.2, -0.15) is 0 Å². The fourth-order valence-corrected chi connectivity index (χ4v) is 4.46. The maximum absolute atomic E-state index is 13.0. The van der Waals surface area contributed by atoms with Crippen LogP contribution < -0.4 is 0 Å². The van der Waals surface area contributed by atoms with Crippen LogP contribution in [0.3, 0.4) is 0 Å². The Labute approximate surface area is 147 Å². The second-order valence-corrected chi connectivity index (χ2v) is 8.80. The van der Waals surface area contributed by atoms with Gasteiger partial charge in [0.25, 0.3) is 5.91 Å². The SMILES string of the molecule is CN(C)S(=O)(=O)c1ccc(C(=O)N2CCOC(=O)C23CCCC3)cc1. The van der Waals surface area contributed by atoms with E-state index in [0.29, 0.717) is 24.9 Å². The summed E-state index contributed by atoms with van der Waals surface area (Å²) in [5.74, 6) is -0.580. The third kappa shape index (κ3) is 2.93. The molecule has 1 saturated heterocycles. The second kappa shape index (κ2) is 6.42. The molecule has 7 nitrogen and oxygen atoms in total. The van der Waals surface area contributed by atoms with Crippen LogP contribution in [-0.4, -0.2) is 62.3 Å². The molecule has 1 heterocycles. The van der Waals surface area contributed by atoms with Crippen LogP contribution in [0.1, 0.15) is 36.0 Å². The molecule has 1 aromatic rings. The molecule has 2 fully saturated rings. The quantitative estimate of drug-likeness (QED) is 0.752. The number of hydrogen-bond donors (Lipinski definition) is 0. The van der Waals surface area contributed by atoms with Gasteiger partial charge in [-0.3, -0.25) is 4.79 Å². The Balaban J connectivity index is 1.89. The van der Waals surface area contributed by atoms with Gasteiger partial charge < -0.3 is 9.64 Å².